The number of carbonyl (C=O) groups excluding carboxylic acids is 3. The summed E-state index contributed by atoms with van der Waals surface area (Å²) in [5.74, 6) is -2.24. The molecule has 6 atom stereocenters. The van der Waals surface area contributed by atoms with E-state index in [9.17, 15) is 19.5 Å². The molecule has 0 radical (unpaired) electrons. The van der Waals surface area contributed by atoms with Crippen molar-refractivity contribution in [3.63, 3.8) is 0 Å². The highest BCUT2D eigenvalue weighted by molar-refractivity contribution is 9.09. The number of alkyl halides is 1. The summed E-state index contributed by atoms with van der Waals surface area (Å²) in [7, 11) is 0. The zero-order valence-corrected chi connectivity index (χ0v) is 24.3. The third-order valence-electron chi connectivity index (χ3n) is 8.22. The zero-order chi connectivity index (χ0) is 28.2. The quantitative estimate of drug-likeness (QED) is 0.201. The van der Waals surface area contributed by atoms with Gasteiger partial charge < -0.3 is 24.5 Å². The number of benzene rings is 1. The van der Waals surface area contributed by atoms with Gasteiger partial charge in [-0.3, -0.25) is 14.4 Å². The van der Waals surface area contributed by atoms with Gasteiger partial charge in [-0.15, -0.1) is 13.2 Å². The smallest absolute Gasteiger partial charge is 0.248 e. The van der Waals surface area contributed by atoms with Crippen molar-refractivity contribution in [2.45, 2.75) is 61.7 Å². The van der Waals surface area contributed by atoms with E-state index in [0.717, 1.165) is 24.8 Å². The molecule has 3 heterocycles. The van der Waals surface area contributed by atoms with Crippen LogP contribution in [0.2, 0.25) is 0 Å². The van der Waals surface area contributed by atoms with Crippen molar-refractivity contribution >= 4 is 33.7 Å². The first-order valence-electron chi connectivity index (χ1n) is 13.9. The summed E-state index contributed by atoms with van der Waals surface area (Å²) < 4.78 is 6.61. The molecule has 1 N–H and O–H groups in total. The number of amides is 3. The van der Waals surface area contributed by atoms with E-state index in [4.69, 9.17) is 4.74 Å². The summed E-state index contributed by atoms with van der Waals surface area (Å²) in [5, 5.41) is 9.87. The standard InChI is InChI=1S/C30H40BrN3O5/c1-4-7-11-16-32(14-5-2)29(38)26-30-19-22(31)25(39-30)23(24(30)28(37)34(26)17-18-35)27(36)33(15-6-3)20-21-12-9-8-10-13-21/h5-6,8-10,12-13,22-26,35H,2-4,7,11,14-20H2,1H3/t22?,23-,24-,25-,26?,30?/m0/s1. The maximum Gasteiger partial charge on any atom is 0.248 e. The van der Waals surface area contributed by atoms with Crippen molar-refractivity contribution in [1.82, 2.24) is 14.7 Å². The second-order valence-corrected chi connectivity index (χ2v) is 11.9. The Morgan fingerprint density at radius 1 is 1.15 bits per heavy atom. The number of fused-ring (bicyclic) bond motifs is 1. The van der Waals surface area contributed by atoms with Gasteiger partial charge in [0.25, 0.3) is 0 Å². The minimum Gasteiger partial charge on any atom is -0.395 e. The number of aliphatic hydroxyl groups excluding tert-OH is 1. The lowest BCUT2D eigenvalue weighted by molar-refractivity contribution is -0.149. The third-order valence-corrected chi connectivity index (χ3v) is 9.06. The lowest BCUT2D eigenvalue weighted by Crippen LogP contribution is -2.57. The second kappa shape index (κ2) is 12.8. The van der Waals surface area contributed by atoms with Crippen LogP contribution >= 0.6 is 15.9 Å². The summed E-state index contributed by atoms with van der Waals surface area (Å²) in [6.07, 6.45) is 6.12. The van der Waals surface area contributed by atoms with Crippen LogP contribution in [0.15, 0.2) is 55.6 Å². The Bertz CT molecular complexity index is 1070. The Morgan fingerprint density at radius 2 is 1.85 bits per heavy atom. The van der Waals surface area contributed by atoms with Gasteiger partial charge in [-0.2, -0.15) is 0 Å². The van der Waals surface area contributed by atoms with Crippen LogP contribution in [0.25, 0.3) is 0 Å². The van der Waals surface area contributed by atoms with Crippen LogP contribution in [-0.2, 0) is 25.7 Å². The highest BCUT2D eigenvalue weighted by Crippen LogP contribution is 2.60. The van der Waals surface area contributed by atoms with E-state index in [-0.39, 0.29) is 35.7 Å². The Kier molecular flexibility index (Phi) is 9.67. The average molecular weight is 603 g/mol. The summed E-state index contributed by atoms with van der Waals surface area (Å²) in [6, 6.07) is 8.79. The van der Waals surface area contributed by atoms with Crippen molar-refractivity contribution in [1.29, 1.82) is 0 Å². The molecule has 0 aliphatic carbocycles. The monoisotopic (exact) mass is 601 g/mol. The molecule has 9 heteroatoms. The van der Waals surface area contributed by atoms with Gasteiger partial charge in [0.1, 0.15) is 11.6 Å². The molecular weight excluding hydrogens is 562 g/mol. The number of β-amino-alcohol motifs (C(OH)–C–C–N with tert-alkyl or cyclic N) is 1. The van der Waals surface area contributed by atoms with E-state index in [1.54, 1.807) is 22.0 Å². The lowest BCUT2D eigenvalue weighted by Gasteiger charge is -2.37. The van der Waals surface area contributed by atoms with Crippen molar-refractivity contribution in [3.05, 3.63) is 61.2 Å². The average Bonchev–Trinajstić information content (AvgIpc) is 3.51. The predicted molar refractivity (Wildman–Crippen MR) is 153 cm³/mol. The van der Waals surface area contributed by atoms with Crippen LogP contribution in [0.1, 0.15) is 38.2 Å². The minimum atomic E-state index is -1.14. The van der Waals surface area contributed by atoms with Crippen LogP contribution in [0.4, 0.5) is 0 Å². The molecule has 3 amide bonds. The number of likely N-dealkylation sites (tertiary alicyclic amines) is 1. The van der Waals surface area contributed by atoms with Crippen LogP contribution in [0, 0.1) is 11.8 Å². The highest BCUT2D eigenvalue weighted by Gasteiger charge is 2.76. The van der Waals surface area contributed by atoms with Crippen molar-refractivity contribution in [2.24, 2.45) is 11.8 Å². The van der Waals surface area contributed by atoms with Gasteiger partial charge in [-0.1, -0.05) is 78.2 Å². The number of hydrogen-bond donors (Lipinski definition) is 1. The fourth-order valence-electron chi connectivity index (χ4n) is 6.62. The summed E-state index contributed by atoms with van der Waals surface area (Å²) in [4.78, 5) is 47.0. The zero-order valence-electron chi connectivity index (χ0n) is 22.7. The molecule has 0 saturated carbocycles. The summed E-state index contributed by atoms with van der Waals surface area (Å²) >= 11 is 3.73. The molecule has 3 unspecified atom stereocenters. The van der Waals surface area contributed by atoms with Gasteiger partial charge >= 0.3 is 0 Å². The number of hydrogen-bond acceptors (Lipinski definition) is 5. The number of carbonyl (C=O) groups is 3. The first kappa shape index (κ1) is 29.5. The number of unbranched alkanes of at least 4 members (excludes halogenated alkanes) is 2. The van der Waals surface area contributed by atoms with E-state index in [1.165, 1.54) is 4.90 Å². The lowest BCUT2D eigenvalue weighted by atomic mass is 9.70. The predicted octanol–water partition coefficient (Wildman–Crippen LogP) is 3.15. The molecule has 3 saturated heterocycles. The summed E-state index contributed by atoms with van der Waals surface area (Å²) in [6.45, 7) is 11.1. The fraction of sp³-hybridized carbons (Fsp3) is 0.567. The topological polar surface area (TPSA) is 90.4 Å². The normalized spacial score (nSPS) is 28.8. The number of rotatable bonds is 14. The Balaban J connectivity index is 1.69. The maximum absolute atomic E-state index is 14.2. The second-order valence-electron chi connectivity index (χ2n) is 10.7. The summed E-state index contributed by atoms with van der Waals surface area (Å²) in [5.41, 5.74) is -0.166. The largest absolute Gasteiger partial charge is 0.395 e. The van der Waals surface area contributed by atoms with Gasteiger partial charge in [0.15, 0.2) is 0 Å². The highest BCUT2D eigenvalue weighted by atomic mass is 79.9. The van der Waals surface area contributed by atoms with E-state index < -0.39 is 29.6 Å². The Hall–Kier alpha value is -2.49. The SMILES string of the molecule is C=CCN(CCCCC)C(=O)C1N(CCO)C(=O)[C@@H]2[C@H](C(=O)N(CC=C)Cc3ccccc3)[C@H]3OC12CC3Br. The van der Waals surface area contributed by atoms with Gasteiger partial charge in [-0.25, -0.2) is 0 Å². The molecule has 1 aromatic rings. The Labute approximate surface area is 239 Å². The van der Waals surface area contributed by atoms with E-state index in [0.29, 0.717) is 32.6 Å². The van der Waals surface area contributed by atoms with E-state index >= 15 is 0 Å². The molecule has 3 fully saturated rings. The first-order valence-corrected chi connectivity index (χ1v) is 14.8. The molecule has 4 rings (SSSR count). The van der Waals surface area contributed by atoms with Gasteiger partial charge in [0, 0.05) is 37.6 Å². The van der Waals surface area contributed by atoms with E-state index in [2.05, 4.69) is 36.0 Å². The van der Waals surface area contributed by atoms with Gasteiger partial charge in [0.2, 0.25) is 17.7 Å². The molecule has 1 aromatic carbocycles. The van der Waals surface area contributed by atoms with Gasteiger partial charge in [-0.05, 0) is 18.4 Å². The number of ether oxygens (including phenoxy) is 1. The van der Waals surface area contributed by atoms with Crippen LogP contribution < -0.4 is 0 Å². The number of aliphatic hydroxyl groups is 1. The van der Waals surface area contributed by atoms with Crippen molar-refractivity contribution < 1.29 is 24.2 Å². The fourth-order valence-corrected chi connectivity index (χ4v) is 7.56. The minimum absolute atomic E-state index is 0.00660. The number of halogens is 1. The van der Waals surface area contributed by atoms with Gasteiger partial charge in [0.05, 0.1) is 24.5 Å². The van der Waals surface area contributed by atoms with Crippen molar-refractivity contribution in [3.8, 4) is 0 Å². The maximum atomic E-state index is 14.2. The molecule has 1 spiro atoms. The molecule has 3 aliphatic heterocycles. The molecular formula is C30H40BrN3O5. The molecule has 212 valence electrons. The van der Waals surface area contributed by atoms with Crippen LogP contribution in [-0.4, -0.2) is 92.9 Å². The molecule has 0 aromatic heterocycles. The Morgan fingerprint density at radius 3 is 2.49 bits per heavy atom. The van der Waals surface area contributed by atoms with Crippen molar-refractivity contribution in [2.75, 3.05) is 32.8 Å². The molecule has 3 aliphatic rings. The molecule has 8 nitrogen and oxygen atoms in total. The molecule has 2 bridgehead atoms. The first-order chi connectivity index (χ1) is 18.8. The molecule has 39 heavy (non-hydrogen) atoms. The van der Waals surface area contributed by atoms with Crippen LogP contribution in [0.3, 0.4) is 0 Å². The third kappa shape index (κ3) is 5.45. The van der Waals surface area contributed by atoms with Crippen LogP contribution in [0.5, 0.6) is 0 Å². The number of nitrogens with zero attached hydrogens (tertiary/aromatic N) is 3. The van der Waals surface area contributed by atoms with E-state index in [1.807, 2.05) is 30.3 Å².